The number of hydrogen-bond acceptors (Lipinski definition) is 2. The maximum absolute atomic E-state index is 9.83. The maximum atomic E-state index is 9.83. The van der Waals surface area contributed by atoms with Crippen molar-refractivity contribution in [1.82, 2.24) is 0 Å². The smallest absolute Gasteiger partial charge is 0.119 e. The average molecular weight is 244 g/mol. The van der Waals surface area contributed by atoms with Crippen molar-refractivity contribution < 1.29 is 9.84 Å². The monoisotopic (exact) mass is 244 g/mol. The van der Waals surface area contributed by atoms with Crippen LogP contribution in [0.2, 0.25) is 0 Å². The molecule has 1 unspecified atom stereocenters. The summed E-state index contributed by atoms with van der Waals surface area (Å²) in [5, 5.41) is 12.1. The third-order valence-corrected chi connectivity index (χ3v) is 3.08. The molecule has 1 N–H and O–H groups in total. The number of aliphatic hydroxyl groups excluding tert-OH is 1. The van der Waals surface area contributed by atoms with Crippen molar-refractivity contribution in [2.24, 2.45) is 0 Å². The predicted octanol–water partition coefficient (Wildman–Crippen LogP) is 4.07. The van der Waals surface area contributed by atoms with Crippen molar-refractivity contribution in [2.45, 2.75) is 32.8 Å². The van der Waals surface area contributed by atoms with Crippen LogP contribution in [0.15, 0.2) is 36.4 Å². The Morgan fingerprint density at radius 1 is 1.06 bits per heavy atom. The summed E-state index contributed by atoms with van der Waals surface area (Å²) >= 11 is 0. The highest BCUT2D eigenvalue weighted by Gasteiger charge is 2.05. The molecule has 0 fully saturated rings. The Hall–Kier alpha value is -1.54. The van der Waals surface area contributed by atoms with E-state index in [-0.39, 0.29) is 6.10 Å². The van der Waals surface area contributed by atoms with Gasteiger partial charge in [0.2, 0.25) is 0 Å². The number of aliphatic hydroxyl groups is 1. The first-order valence-corrected chi connectivity index (χ1v) is 6.59. The normalized spacial score (nSPS) is 12.6. The molecule has 0 spiro atoms. The quantitative estimate of drug-likeness (QED) is 0.859. The predicted molar refractivity (Wildman–Crippen MR) is 75.0 cm³/mol. The van der Waals surface area contributed by atoms with Crippen LogP contribution in [-0.4, -0.2) is 11.7 Å². The molecular weight excluding hydrogens is 224 g/mol. The summed E-state index contributed by atoms with van der Waals surface area (Å²) in [7, 11) is 0. The molecule has 2 nitrogen and oxygen atoms in total. The topological polar surface area (TPSA) is 29.5 Å². The van der Waals surface area contributed by atoms with Gasteiger partial charge in [0, 0.05) is 0 Å². The SMILES string of the molecule is CCCOc1ccc2cc(C(O)CC)ccc2c1. The lowest BCUT2D eigenvalue weighted by Crippen LogP contribution is -1.96. The van der Waals surface area contributed by atoms with Crippen LogP contribution in [0.5, 0.6) is 5.75 Å². The van der Waals surface area contributed by atoms with Gasteiger partial charge in [0.25, 0.3) is 0 Å². The first-order valence-electron chi connectivity index (χ1n) is 6.59. The van der Waals surface area contributed by atoms with Gasteiger partial charge in [-0.25, -0.2) is 0 Å². The second-order valence-corrected chi connectivity index (χ2v) is 4.54. The highest BCUT2D eigenvalue weighted by atomic mass is 16.5. The third-order valence-electron chi connectivity index (χ3n) is 3.08. The second-order valence-electron chi connectivity index (χ2n) is 4.54. The van der Waals surface area contributed by atoms with Gasteiger partial charge in [0.15, 0.2) is 0 Å². The van der Waals surface area contributed by atoms with Crippen molar-refractivity contribution in [2.75, 3.05) is 6.61 Å². The molecule has 2 heteroatoms. The number of hydrogen-bond donors (Lipinski definition) is 1. The lowest BCUT2D eigenvalue weighted by molar-refractivity contribution is 0.174. The Bertz CT molecular complexity index is 519. The lowest BCUT2D eigenvalue weighted by Gasteiger charge is -2.10. The number of fused-ring (bicyclic) bond motifs is 1. The standard InChI is InChI=1S/C16H20O2/c1-3-9-18-15-8-7-12-10-14(16(17)4-2)6-5-13(12)11-15/h5-8,10-11,16-17H,3-4,9H2,1-2H3. The van der Waals surface area contributed by atoms with Crippen LogP contribution in [0.3, 0.4) is 0 Å². The van der Waals surface area contributed by atoms with Gasteiger partial charge in [-0.2, -0.15) is 0 Å². The molecule has 0 aliphatic rings. The fraction of sp³-hybridized carbons (Fsp3) is 0.375. The summed E-state index contributed by atoms with van der Waals surface area (Å²) in [6, 6.07) is 12.2. The van der Waals surface area contributed by atoms with Gasteiger partial charge >= 0.3 is 0 Å². The van der Waals surface area contributed by atoms with Gasteiger partial charge in [0.1, 0.15) is 5.75 Å². The zero-order chi connectivity index (χ0) is 13.0. The molecule has 0 saturated carbocycles. The van der Waals surface area contributed by atoms with Gasteiger partial charge < -0.3 is 9.84 Å². The summed E-state index contributed by atoms with van der Waals surface area (Å²) in [5.41, 5.74) is 0.979. The number of benzene rings is 2. The summed E-state index contributed by atoms with van der Waals surface area (Å²) < 4.78 is 5.61. The molecule has 0 aromatic heterocycles. The minimum Gasteiger partial charge on any atom is -0.494 e. The van der Waals surface area contributed by atoms with E-state index < -0.39 is 0 Å². The Morgan fingerprint density at radius 2 is 1.78 bits per heavy atom. The van der Waals surface area contributed by atoms with E-state index in [9.17, 15) is 5.11 Å². The molecule has 18 heavy (non-hydrogen) atoms. The van der Waals surface area contributed by atoms with E-state index in [0.29, 0.717) is 0 Å². The minimum atomic E-state index is -0.370. The lowest BCUT2D eigenvalue weighted by atomic mass is 10.0. The molecule has 0 radical (unpaired) electrons. The van der Waals surface area contributed by atoms with Crippen molar-refractivity contribution >= 4 is 10.8 Å². The van der Waals surface area contributed by atoms with Gasteiger partial charge in [-0.15, -0.1) is 0 Å². The van der Waals surface area contributed by atoms with Gasteiger partial charge in [-0.1, -0.05) is 32.0 Å². The van der Waals surface area contributed by atoms with Crippen LogP contribution in [0.4, 0.5) is 0 Å². The van der Waals surface area contributed by atoms with Crippen LogP contribution in [0.25, 0.3) is 10.8 Å². The van der Waals surface area contributed by atoms with Crippen molar-refractivity contribution in [1.29, 1.82) is 0 Å². The first kappa shape index (κ1) is 12.9. The molecule has 1 atom stereocenters. The number of rotatable bonds is 5. The molecule has 0 amide bonds. The summed E-state index contributed by atoms with van der Waals surface area (Å²) in [4.78, 5) is 0. The molecule has 0 saturated heterocycles. The molecule has 96 valence electrons. The Labute approximate surface area is 108 Å². The van der Waals surface area contributed by atoms with Crippen molar-refractivity contribution in [3.05, 3.63) is 42.0 Å². The van der Waals surface area contributed by atoms with Crippen LogP contribution in [-0.2, 0) is 0 Å². The van der Waals surface area contributed by atoms with E-state index in [1.807, 2.05) is 43.3 Å². The second kappa shape index (κ2) is 5.87. The third kappa shape index (κ3) is 2.82. The van der Waals surface area contributed by atoms with Crippen molar-refractivity contribution in [3.8, 4) is 5.75 Å². The van der Waals surface area contributed by atoms with Crippen LogP contribution in [0, 0.1) is 0 Å². The fourth-order valence-corrected chi connectivity index (χ4v) is 1.99. The van der Waals surface area contributed by atoms with Crippen LogP contribution >= 0.6 is 0 Å². The molecular formula is C16H20O2. The molecule has 2 aromatic carbocycles. The Kier molecular flexibility index (Phi) is 4.21. The highest BCUT2D eigenvalue weighted by Crippen LogP contribution is 2.25. The van der Waals surface area contributed by atoms with E-state index in [1.165, 1.54) is 0 Å². The molecule has 0 bridgehead atoms. The number of ether oxygens (including phenoxy) is 1. The van der Waals surface area contributed by atoms with E-state index in [2.05, 4.69) is 6.92 Å². The maximum Gasteiger partial charge on any atom is 0.119 e. The average Bonchev–Trinajstić information content (AvgIpc) is 2.43. The molecule has 0 aliphatic carbocycles. The van der Waals surface area contributed by atoms with E-state index in [1.54, 1.807) is 0 Å². The summed E-state index contributed by atoms with van der Waals surface area (Å²) in [6.45, 7) is 4.83. The van der Waals surface area contributed by atoms with E-state index in [4.69, 9.17) is 4.74 Å². The van der Waals surface area contributed by atoms with Gasteiger partial charge in [-0.3, -0.25) is 0 Å². The molecule has 0 aliphatic heterocycles. The Balaban J connectivity index is 2.30. The van der Waals surface area contributed by atoms with Crippen LogP contribution in [0.1, 0.15) is 38.4 Å². The zero-order valence-electron chi connectivity index (χ0n) is 11.0. The highest BCUT2D eigenvalue weighted by molar-refractivity contribution is 5.84. The molecule has 2 aromatic rings. The van der Waals surface area contributed by atoms with E-state index in [0.717, 1.165) is 41.5 Å². The van der Waals surface area contributed by atoms with Crippen molar-refractivity contribution in [3.63, 3.8) is 0 Å². The molecule has 2 rings (SSSR count). The summed E-state index contributed by atoms with van der Waals surface area (Å²) in [5.74, 6) is 0.910. The van der Waals surface area contributed by atoms with Gasteiger partial charge in [-0.05, 0) is 47.4 Å². The van der Waals surface area contributed by atoms with Crippen LogP contribution < -0.4 is 4.74 Å². The van der Waals surface area contributed by atoms with E-state index >= 15 is 0 Å². The van der Waals surface area contributed by atoms with Gasteiger partial charge in [0.05, 0.1) is 12.7 Å². The summed E-state index contributed by atoms with van der Waals surface area (Å²) in [6.07, 6.45) is 1.38. The Morgan fingerprint density at radius 3 is 2.50 bits per heavy atom. The minimum absolute atomic E-state index is 0.370. The fourth-order valence-electron chi connectivity index (χ4n) is 1.99. The molecule has 0 heterocycles. The zero-order valence-corrected chi connectivity index (χ0v) is 11.0. The largest absolute Gasteiger partial charge is 0.494 e. The first-order chi connectivity index (χ1) is 8.74.